The highest BCUT2D eigenvalue weighted by atomic mass is 79.9. The average molecular weight is 294 g/mol. The molecule has 1 unspecified atom stereocenters. The molecule has 0 amide bonds. The minimum atomic E-state index is -4.44. The van der Waals surface area contributed by atoms with Gasteiger partial charge >= 0.3 is 5.76 Å². The first-order valence-corrected chi connectivity index (χ1v) is 6.62. The van der Waals surface area contributed by atoms with Gasteiger partial charge in [-0.1, -0.05) is 29.8 Å². The van der Waals surface area contributed by atoms with Crippen molar-refractivity contribution in [3.63, 3.8) is 0 Å². The standard InChI is InChI=1S/C7H14BrF2NO2S/c1-5(2)3-6(8)4-11-14(12,13)7(9)10/h5-7,11H,3-4H2,1-2H3. The Morgan fingerprint density at radius 3 is 2.21 bits per heavy atom. The van der Waals surface area contributed by atoms with Gasteiger partial charge in [0.25, 0.3) is 10.0 Å². The summed E-state index contributed by atoms with van der Waals surface area (Å²) in [6.45, 7) is 3.93. The summed E-state index contributed by atoms with van der Waals surface area (Å²) in [6.07, 6.45) is 0.728. The maximum absolute atomic E-state index is 11.9. The third-order valence-corrected chi connectivity index (χ3v) is 3.20. The van der Waals surface area contributed by atoms with E-state index in [9.17, 15) is 17.2 Å². The highest BCUT2D eigenvalue weighted by Gasteiger charge is 2.24. The van der Waals surface area contributed by atoms with Crippen molar-refractivity contribution in [2.45, 2.75) is 30.9 Å². The van der Waals surface area contributed by atoms with Gasteiger partial charge in [0.1, 0.15) is 0 Å². The Bertz CT molecular complexity index is 256. The van der Waals surface area contributed by atoms with Gasteiger partial charge < -0.3 is 0 Å². The fraction of sp³-hybridized carbons (Fsp3) is 1.00. The minimum Gasteiger partial charge on any atom is -0.209 e. The Kier molecular flexibility index (Phi) is 6.08. The molecule has 0 aromatic rings. The Morgan fingerprint density at radius 1 is 1.36 bits per heavy atom. The molecule has 1 N–H and O–H groups in total. The molecule has 0 aliphatic rings. The van der Waals surface area contributed by atoms with Crippen LogP contribution in [0.2, 0.25) is 0 Å². The van der Waals surface area contributed by atoms with Crippen LogP contribution in [0.4, 0.5) is 8.78 Å². The van der Waals surface area contributed by atoms with Crippen LogP contribution in [0.25, 0.3) is 0 Å². The fourth-order valence-corrected chi connectivity index (χ4v) is 2.55. The van der Waals surface area contributed by atoms with Crippen molar-refractivity contribution in [2.75, 3.05) is 6.54 Å². The molecular formula is C7H14BrF2NO2S. The van der Waals surface area contributed by atoms with Crippen LogP contribution in [0.15, 0.2) is 0 Å². The summed E-state index contributed by atoms with van der Waals surface area (Å²) in [5.74, 6) is -2.98. The molecule has 0 aromatic carbocycles. The molecule has 0 heterocycles. The summed E-state index contributed by atoms with van der Waals surface area (Å²) < 4.78 is 46.8. The normalized spacial score (nSPS) is 15.1. The molecular weight excluding hydrogens is 280 g/mol. The zero-order valence-corrected chi connectivity index (χ0v) is 10.4. The predicted molar refractivity (Wildman–Crippen MR) is 55.1 cm³/mol. The second-order valence-corrected chi connectivity index (χ2v) is 6.41. The van der Waals surface area contributed by atoms with E-state index in [2.05, 4.69) is 15.9 Å². The molecule has 0 aromatic heterocycles. The fourth-order valence-electron chi connectivity index (χ4n) is 0.864. The van der Waals surface area contributed by atoms with Crippen LogP contribution in [0.5, 0.6) is 0 Å². The zero-order chi connectivity index (χ0) is 11.4. The van der Waals surface area contributed by atoms with E-state index in [4.69, 9.17) is 0 Å². The molecule has 0 radical (unpaired) electrons. The quantitative estimate of drug-likeness (QED) is 0.761. The van der Waals surface area contributed by atoms with E-state index < -0.39 is 15.8 Å². The molecule has 1 atom stereocenters. The first-order valence-electron chi connectivity index (χ1n) is 4.16. The van der Waals surface area contributed by atoms with Gasteiger partial charge in [0.05, 0.1) is 0 Å². The minimum absolute atomic E-state index is 0.00907. The van der Waals surface area contributed by atoms with Crippen LogP contribution < -0.4 is 4.72 Å². The number of alkyl halides is 3. The molecule has 86 valence electrons. The van der Waals surface area contributed by atoms with Crippen LogP contribution >= 0.6 is 15.9 Å². The van der Waals surface area contributed by atoms with Gasteiger partial charge in [-0.25, -0.2) is 13.1 Å². The predicted octanol–water partition coefficient (Wildman–Crippen LogP) is 1.94. The number of nitrogens with one attached hydrogen (secondary N) is 1. The van der Waals surface area contributed by atoms with Crippen molar-refractivity contribution in [3.8, 4) is 0 Å². The summed E-state index contributed by atoms with van der Waals surface area (Å²) in [6, 6.07) is 0. The molecule has 0 fully saturated rings. The van der Waals surface area contributed by atoms with E-state index in [1.807, 2.05) is 18.6 Å². The van der Waals surface area contributed by atoms with E-state index in [-0.39, 0.29) is 11.4 Å². The SMILES string of the molecule is CC(C)CC(Br)CNS(=O)(=O)C(F)F. The molecule has 0 aliphatic carbocycles. The van der Waals surface area contributed by atoms with Gasteiger partial charge in [0, 0.05) is 11.4 Å². The lowest BCUT2D eigenvalue weighted by molar-refractivity contribution is 0.232. The van der Waals surface area contributed by atoms with Gasteiger partial charge in [0.15, 0.2) is 0 Å². The van der Waals surface area contributed by atoms with Crippen LogP contribution in [0, 0.1) is 5.92 Å². The summed E-state index contributed by atoms with van der Waals surface area (Å²) in [5, 5.41) is 0. The van der Waals surface area contributed by atoms with Gasteiger partial charge in [-0.2, -0.15) is 8.78 Å². The van der Waals surface area contributed by atoms with E-state index in [0.29, 0.717) is 5.92 Å². The number of hydrogen-bond acceptors (Lipinski definition) is 2. The van der Waals surface area contributed by atoms with Crippen molar-refractivity contribution in [2.24, 2.45) is 5.92 Å². The Balaban J connectivity index is 3.95. The van der Waals surface area contributed by atoms with Crippen molar-refractivity contribution < 1.29 is 17.2 Å². The molecule has 3 nitrogen and oxygen atoms in total. The van der Waals surface area contributed by atoms with Crippen LogP contribution in [-0.4, -0.2) is 25.5 Å². The third kappa shape index (κ3) is 5.87. The number of halogens is 3. The highest BCUT2D eigenvalue weighted by Crippen LogP contribution is 2.12. The second-order valence-electron chi connectivity index (χ2n) is 3.38. The lowest BCUT2D eigenvalue weighted by atomic mass is 10.1. The van der Waals surface area contributed by atoms with Gasteiger partial charge in [0.2, 0.25) is 0 Å². The van der Waals surface area contributed by atoms with Crippen molar-refractivity contribution in [3.05, 3.63) is 0 Å². The lowest BCUT2D eigenvalue weighted by Gasteiger charge is -2.12. The third-order valence-electron chi connectivity index (χ3n) is 1.47. The molecule has 7 heteroatoms. The van der Waals surface area contributed by atoms with Crippen LogP contribution in [0.3, 0.4) is 0 Å². The molecule has 0 saturated carbocycles. The van der Waals surface area contributed by atoms with Gasteiger partial charge in [-0.05, 0) is 12.3 Å². The number of hydrogen-bond donors (Lipinski definition) is 1. The van der Waals surface area contributed by atoms with Crippen LogP contribution in [-0.2, 0) is 10.0 Å². The smallest absolute Gasteiger partial charge is 0.209 e. The van der Waals surface area contributed by atoms with Crippen LogP contribution in [0.1, 0.15) is 20.3 Å². The van der Waals surface area contributed by atoms with E-state index in [1.54, 1.807) is 0 Å². The Hall–Kier alpha value is 0.250. The molecule has 0 rings (SSSR count). The largest absolute Gasteiger partial charge is 0.350 e. The summed E-state index contributed by atoms with van der Waals surface area (Å²) in [5.41, 5.74) is 0. The monoisotopic (exact) mass is 293 g/mol. The lowest BCUT2D eigenvalue weighted by Crippen LogP contribution is -2.34. The highest BCUT2D eigenvalue weighted by molar-refractivity contribution is 9.09. The maximum Gasteiger partial charge on any atom is 0.350 e. The van der Waals surface area contributed by atoms with Crippen molar-refractivity contribution >= 4 is 26.0 Å². The molecule has 0 spiro atoms. The Labute approximate surface area is 91.4 Å². The Morgan fingerprint density at radius 2 is 1.86 bits per heavy atom. The maximum atomic E-state index is 11.9. The molecule has 0 saturated heterocycles. The first kappa shape index (κ1) is 14.2. The number of rotatable bonds is 6. The summed E-state index contributed by atoms with van der Waals surface area (Å²) >= 11 is 3.21. The van der Waals surface area contributed by atoms with E-state index in [1.165, 1.54) is 0 Å². The van der Waals surface area contributed by atoms with Gasteiger partial charge in [-0.3, -0.25) is 0 Å². The average Bonchev–Trinajstić information content (AvgIpc) is 1.99. The molecule has 0 aliphatic heterocycles. The second kappa shape index (κ2) is 5.97. The van der Waals surface area contributed by atoms with E-state index in [0.717, 1.165) is 6.42 Å². The zero-order valence-electron chi connectivity index (χ0n) is 8.00. The summed E-state index contributed by atoms with van der Waals surface area (Å²) in [7, 11) is -4.44. The van der Waals surface area contributed by atoms with E-state index >= 15 is 0 Å². The molecule has 0 bridgehead atoms. The van der Waals surface area contributed by atoms with Crippen molar-refractivity contribution in [1.29, 1.82) is 0 Å². The van der Waals surface area contributed by atoms with Gasteiger partial charge in [-0.15, -0.1) is 0 Å². The first-order chi connectivity index (χ1) is 6.25. The van der Waals surface area contributed by atoms with Crippen molar-refractivity contribution in [1.82, 2.24) is 4.72 Å². The number of sulfonamides is 1. The topological polar surface area (TPSA) is 46.2 Å². The molecule has 14 heavy (non-hydrogen) atoms. The summed E-state index contributed by atoms with van der Waals surface area (Å²) in [4.78, 5) is -0.115.